The molecule has 0 aromatic carbocycles. The van der Waals surface area contributed by atoms with Crippen molar-refractivity contribution >= 4 is 35.8 Å². The van der Waals surface area contributed by atoms with Crippen LogP contribution in [0.1, 0.15) is 87.5 Å². The second-order valence-corrected chi connectivity index (χ2v) is 12.2. The van der Waals surface area contributed by atoms with Gasteiger partial charge in [0.15, 0.2) is 5.92 Å². The standard InChI is InChI=1S/C32H48O12/c1-9-17(2)10-18(3)11-19(4)12-20(5)13-21(6)14-24(31(39)42-16-41-23(8)33)15-22(7)30(38)44-27-25(28(34)35)26(29(36)37)43-32(27)40/h13-14,17-20,22,25-27H,9-12,15-16H2,1-8H3,(H,34,35)(H,36,37)/b21-13+,24-14-. The van der Waals surface area contributed by atoms with Crippen molar-refractivity contribution in [3.05, 3.63) is 23.3 Å². The first kappa shape index (κ1) is 38.3. The SMILES string of the molecule is CCC(C)CC(C)CC(C)CC(C)/C=C(C)/C=C(/CC(C)C(=O)OC1C(=O)OC(C(=O)O)C1C(=O)O)C(=O)OCOC(C)=O. The number of hydrogen-bond acceptors (Lipinski definition) is 10. The highest BCUT2D eigenvalue weighted by Gasteiger charge is 2.55. The predicted octanol–water partition coefficient (Wildman–Crippen LogP) is 4.70. The fraction of sp³-hybridized carbons (Fsp3) is 0.688. The van der Waals surface area contributed by atoms with E-state index in [9.17, 15) is 39.0 Å². The molecule has 8 unspecified atom stereocenters. The Morgan fingerprint density at radius 2 is 1.48 bits per heavy atom. The molecular formula is C32H48O12. The summed E-state index contributed by atoms with van der Waals surface area (Å²) >= 11 is 0. The second-order valence-electron chi connectivity index (χ2n) is 12.2. The van der Waals surface area contributed by atoms with Crippen molar-refractivity contribution in [2.24, 2.45) is 35.5 Å². The van der Waals surface area contributed by atoms with E-state index in [0.717, 1.165) is 31.8 Å². The minimum absolute atomic E-state index is 0.0463. The lowest BCUT2D eigenvalue weighted by molar-refractivity contribution is -0.166. The first-order chi connectivity index (χ1) is 20.5. The molecule has 0 aliphatic carbocycles. The Balaban J connectivity index is 3.06. The Morgan fingerprint density at radius 1 is 0.886 bits per heavy atom. The van der Waals surface area contributed by atoms with Gasteiger partial charge in [0.25, 0.3) is 0 Å². The molecule has 0 aromatic heterocycles. The number of carboxylic acids is 2. The van der Waals surface area contributed by atoms with Gasteiger partial charge in [-0.15, -0.1) is 0 Å². The first-order valence-corrected chi connectivity index (χ1v) is 15.0. The summed E-state index contributed by atoms with van der Waals surface area (Å²) in [4.78, 5) is 72.0. The smallest absolute Gasteiger partial charge is 0.349 e. The largest absolute Gasteiger partial charge is 0.481 e. The highest BCUT2D eigenvalue weighted by Crippen LogP contribution is 2.29. The molecule has 0 spiro atoms. The summed E-state index contributed by atoms with van der Waals surface area (Å²) < 4.78 is 19.4. The summed E-state index contributed by atoms with van der Waals surface area (Å²) in [5, 5.41) is 18.6. The fourth-order valence-electron chi connectivity index (χ4n) is 5.48. The number of aliphatic carboxylic acids is 2. The molecule has 1 aliphatic heterocycles. The number of hydrogen-bond donors (Lipinski definition) is 2. The zero-order valence-corrected chi connectivity index (χ0v) is 27.0. The van der Waals surface area contributed by atoms with Crippen LogP contribution in [0.2, 0.25) is 0 Å². The summed E-state index contributed by atoms with van der Waals surface area (Å²) in [7, 11) is 0. The number of esters is 4. The van der Waals surface area contributed by atoms with Gasteiger partial charge in [-0.3, -0.25) is 14.4 Å². The van der Waals surface area contributed by atoms with Gasteiger partial charge in [0.05, 0.1) is 5.92 Å². The lowest BCUT2D eigenvalue weighted by Gasteiger charge is -2.21. The summed E-state index contributed by atoms with van der Waals surface area (Å²) in [6.07, 6.45) is 3.73. The van der Waals surface area contributed by atoms with Gasteiger partial charge in [-0.05, 0) is 62.4 Å². The number of carboxylic acid groups (broad SMARTS) is 2. The van der Waals surface area contributed by atoms with Gasteiger partial charge in [-0.25, -0.2) is 14.4 Å². The van der Waals surface area contributed by atoms with E-state index in [4.69, 9.17) is 9.47 Å². The molecular weight excluding hydrogens is 576 g/mol. The minimum Gasteiger partial charge on any atom is -0.481 e. The van der Waals surface area contributed by atoms with Gasteiger partial charge in [-0.2, -0.15) is 0 Å². The third-order valence-corrected chi connectivity index (χ3v) is 7.57. The zero-order chi connectivity index (χ0) is 33.7. The third kappa shape index (κ3) is 12.9. The van der Waals surface area contributed by atoms with Crippen LogP contribution in [0.5, 0.6) is 0 Å². The maximum Gasteiger partial charge on any atom is 0.349 e. The van der Waals surface area contributed by atoms with E-state index in [-0.39, 0.29) is 17.9 Å². The van der Waals surface area contributed by atoms with Crippen LogP contribution >= 0.6 is 0 Å². The van der Waals surface area contributed by atoms with Crippen LogP contribution in [0.4, 0.5) is 0 Å². The van der Waals surface area contributed by atoms with Crippen LogP contribution < -0.4 is 0 Å². The Bertz CT molecular complexity index is 1110. The third-order valence-electron chi connectivity index (χ3n) is 7.57. The summed E-state index contributed by atoms with van der Waals surface area (Å²) in [6.45, 7) is 14.7. The maximum atomic E-state index is 12.9. The highest BCUT2D eigenvalue weighted by molar-refractivity contribution is 5.95. The van der Waals surface area contributed by atoms with Crippen LogP contribution in [0, 0.1) is 35.5 Å². The number of cyclic esters (lactones) is 1. The molecule has 8 atom stereocenters. The van der Waals surface area contributed by atoms with Crippen LogP contribution in [-0.2, 0) is 47.7 Å². The van der Waals surface area contributed by atoms with Gasteiger partial charge in [-0.1, -0.05) is 59.6 Å². The van der Waals surface area contributed by atoms with Crippen LogP contribution in [0.15, 0.2) is 23.3 Å². The van der Waals surface area contributed by atoms with Crippen LogP contribution in [0.25, 0.3) is 0 Å². The van der Waals surface area contributed by atoms with Crippen LogP contribution in [0.3, 0.4) is 0 Å². The van der Waals surface area contributed by atoms with Gasteiger partial charge in [0, 0.05) is 12.5 Å². The average molecular weight is 625 g/mol. The maximum absolute atomic E-state index is 12.9. The molecule has 1 aliphatic rings. The van der Waals surface area contributed by atoms with Gasteiger partial charge < -0.3 is 29.2 Å². The Labute approximate surface area is 259 Å². The van der Waals surface area contributed by atoms with Crippen molar-refractivity contribution in [2.45, 2.75) is 99.7 Å². The average Bonchev–Trinajstić information content (AvgIpc) is 3.23. The fourth-order valence-corrected chi connectivity index (χ4v) is 5.48. The van der Waals surface area contributed by atoms with Crippen molar-refractivity contribution in [3.8, 4) is 0 Å². The van der Waals surface area contributed by atoms with E-state index in [1.807, 2.05) is 6.08 Å². The van der Waals surface area contributed by atoms with Crippen LogP contribution in [-0.4, -0.2) is 65.0 Å². The molecule has 248 valence electrons. The highest BCUT2D eigenvalue weighted by atomic mass is 16.7. The summed E-state index contributed by atoms with van der Waals surface area (Å²) in [5.41, 5.74) is 0.775. The van der Waals surface area contributed by atoms with Crippen molar-refractivity contribution in [1.82, 2.24) is 0 Å². The molecule has 12 nitrogen and oxygen atoms in total. The molecule has 1 heterocycles. The van der Waals surface area contributed by atoms with Crippen molar-refractivity contribution in [3.63, 3.8) is 0 Å². The molecule has 1 fully saturated rings. The zero-order valence-electron chi connectivity index (χ0n) is 27.0. The monoisotopic (exact) mass is 624 g/mol. The van der Waals surface area contributed by atoms with E-state index < -0.39 is 66.7 Å². The van der Waals surface area contributed by atoms with Gasteiger partial charge in [0.2, 0.25) is 19.0 Å². The number of carbonyl (C=O) groups is 6. The molecule has 0 bridgehead atoms. The molecule has 0 saturated carbocycles. The molecule has 44 heavy (non-hydrogen) atoms. The molecule has 0 amide bonds. The quantitative estimate of drug-likeness (QED) is 0.0707. The molecule has 0 radical (unpaired) electrons. The van der Waals surface area contributed by atoms with E-state index >= 15 is 0 Å². The molecule has 0 aromatic rings. The number of allylic oxidation sites excluding steroid dienone is 3. The van der Waals surface area contributed by atoms with Gasteiger partial charge >= 0.3 is 35.8 Å². The summed E-state index contributed by atoms with van der Waals surface area (Å²) in [6, 6.07) is 0. The number of ether oxygens (including phenoxy) is 4. The molecule has 2 N–H and O–H groups in total. The molecule has 1 rings (SSSR count). The molecule has 1 saturated heterocycles. The minimum atomic E-state index is -2.01. The Kier molecular flexibility index (Phi) is 15.8. The summed E-state index contributed by atoms with van der Waals surface area (Å²) in [5.74, 6) is -8.27. The topological polar surface area (TPSA) is 180 Å². The molecule has 12 heteroatoms. The predicted molar refractivity (Wildman–Crippen MR) is 158 cm³/mol. The van der Waals surface area contributed by atoms with Gasteiger partial charge in [0.1, 0.15) is 0 Å². The van der Waals surface area contributed by atoms with E-state index in [1.165, 1.54) is 13.3 Å². The van der Waals surface area contributed by atoms with Crippen molar-refractivity contribution in [1.29, 1.82) is 0 Å². The lowest BCUT2D eigenvalue weighted by Crippen LogP contribution is -2.40. The first-order valence-electron chi connectivity index (χ1n) is 15.0. The Morgan fingerprint density at radius 3 is 2.02 bits per heavy atom. The number of rotatable bonds is 18. The lowest BCUT2D eigenvalue weighted by atomic mass is 9.84. The van der Waals surface area contributed by atoms with E-state index in [2.05, 4.69) is 44.1 Å². The van der Waals surface area contributed by atoms with E-state index in [1.54, 1.807) is 13.0 Å². The Hall–Kier alpha value is -3.70. The normalized spacial score (nSPS) is 22.2. The second kappa shape index (κ2) is 18.2. The van der Waals surface area contributed by atoms with Crippen molar-refractivity contribution < 1.29 is 57.9 Å². The number of carbonyl (C=O) groups excluding carboxylic acids is 4. The van der Waals surface area contributed by atoms with Crippen molar-refractivity contribution in [2.75, 3.05) is 6.79 Å². The van der Waals surface area contributed by atoms with E-state index in [0.29, 0.717) is 17.8 Å².